The quantitative estimate of drug-likeness (QED) is 0.680. The highest BCUT2D eigenvalue weighted by Crippen LogP contribution is 2.61. The zero-order valence-electron chi connectivity index (χ0n) is 9.90. The van der Waals surface area contributed by atoms with Crippen LogP contribution in [0.5, 0.6) is 0 Å². The van der Waals surface area contributed by atoms with E-state index in [1.165, 1.54) is 25.7 Å². The molecule has 0 saturated heterocycles. The SMILES string of the molecule is CCC1(O)CC2(CCCC(C)(C)C2)C1. The summed E-state index contributed by atoms with van der Waals surface area (Å²) in [5, 5.41) is 10.1. The Morgan fingerprint density at radius 1 is 1.07 bits per heavy atom. The van der Waals surface area contributed by atoms with Crippen LogP contribution in [-0.4, -0.2) is 10.7 Å². The largest absolute Gasteiger partial charge is 0.390 e. The van der Waals surface area contributed by atoms with E-state index in [1.54, 1.807) is 0 Å². The lowest BCUT2D eigenvalue weighted by Gasteiger charge is -2.58. The molecule has 0 bridgehead atoms. The van der Waals surface area contributed by atoms with E-state index in [9.17, 15) is 5.11 Å². The summed E-state index contributed by atoms with van der Waals surface area (Å²) >= 11 is 0. The first-order chi connectivity index (χ1) is 6.39. The van der Waals surface area contributed by atoms with Crippen LogP contribution in [0.1, 0.15) is 65.7 Å². The summed E-state index contributed by atoms with van der Waals surface area (Å²) in [5.74, 6) is 0. The third-order valence-electron chi connectivity index (χ3n) is 4.48. The number of hydrogen-bond acceptors (Lipinski definition) is 1. The van der Waals surface area contributed by atoms with E-state index in [-0.39, 0.29) is 5.60 Å². The molecule has 2 aliphatic rings. The van der Waals surface area contributed by atoms with Crippen molar-refractivity contribution in [3.8, 4) is 0 Å². The molecule has 0 aromatic rings. The van der Waals surface area contributed by atoms with Crippen molar-refractivity contribution in [1.82, 2.24) is 0 Å². The highest BCUT2D eigenvalue weighted by Gasteiger charge is 2.55. The third-order valence-corrected chi connectivity index (χ3v) is 4.48. The first-order valence-corrected chi connectivity index (χ1v) is 6.11. The molecule has 0 atom stereocenters. The van der Waals surface area contributed by atoms with E-state index in [1.807, 2.05) is 0 Å². The standard InChI is InChI=1S/C13H24O/c1-4-13(14)9-12(10-13)7-5-6-11(2,3)8-12/h14H,4-10H2,1-3H3. The minimum Gasteiger partial charge on any atom is -0.390 e. The van der Waals surface area contributed by atoms with Crippen molar-refractivity contribution in [2.75, 3.05) is 0 Å². The van der Waals surface area contributed by atoms with Crippen LogP contribution in [0.25, 0.3) is 0 Å². The molecule has 2 fully saturated rings. The van der Waals surface area contributed by atoms with Crippen LogP contribution in [0, 0.1) is 10.8 Å². The van der Waals surface area contributed by atoms with Crippen LogP contribution in [0.4, 0.5) is 0 Å². The van der Waals surface area contributed by atoms with Gasteiger partial charge in [-0.2, -0.15) is 0 Å². The molecule has 1 spiro atoms. The second kappa shape index (κ2) is 2.98. The zero-order chi connectivity index (χ0) is 10.4. The van der Waals surface area contributed by atoms with Crippen molar-refractivity contribution in [1.29, 1.82) is 0 Å². The summed E-state index contributed by atoms with van der Waals surface area (Å²) < 4.78 is 0. The first kappa shape index (κ1) is 10.5. The number of hydrogen-bond donors (Lipinski definition) is 1. The molecule has 0 aliphatic heterocycles. The van der Waals surface area contributed by atoms with Gasteiger partial charge in [-0.15, -0.1) is 0 Å². The maximum atomic E-state index is 10.1. The van der Waals surface area contributed by atoms with Gasteiger partial charge in [0.05, 0.1) is 5.60 Å². The average Bonchev–Trinajstić information content (AvgIpc) is 1.99. The van der Waals surface area contributed by atoms with E-state index in [2.05, 4.69) is 20.8 Å². The molecule has 2 rings (SSSR count). The van der Waals surface area contributed by atoms with Crippen LogP contribution in [0.3, 0.4) is 0 Å². The fourth-order valence-corrected chi connectivity index (χ4v) is 4.03. The van der Waals surface area contributed by atoms with Crippen LogP contribution >= 0.6 is 0 Å². The lowest BCUT2D eigenvalue weighted by Crippen LogP contribution is -2.54. The van der Waals surface area contributed by atoms with Gasteiger partial charge in [0.1, 0.15) is 0 Å². The summed E-state index contributed by atoms with van der Waals surface area (Å²) in [5.41, 5.74) is 0.743. The number of rotatable bonds is 1. The fourth-order valence-electron chi connectivity index (χ4n) is 4.03. The summed E-state index contributed by atoms with van der Waals surface area (Å²) in [4.78, 5) is 0. The lowest BCUT2D eigenvalue weighted by molar-refractivity contribution is -0.159. The van der Waals surface area contributed by atoms with E-state index in [0.717, 1.165) is 19.3 Å². The Bertz CT molecular complexity index is 223. The lowest BCUT2D eigenvalue weighted by atomic mass is 9.49. The minimum absolute atomic E-state index is 0.298. The summed E-state index contributed by atoms with van der Waals surface area (Å²) in [7, 11) is 0. The smallest absolute Gasteiger partial charge is 0.0655 e. The molecule has 0 unspecified atom stereocenters. The molecule has 0 aromatic carbocycles. The van der Waals surface area contributed by atoms with Crippen LogP contribution in [0.15, 0.2) is 0 Å². The van der Waals surface area contributed by atoms with E-state index < -0.39 is 0 Å². The Labute approximate surface area is 87.9 Å². The maximum absolute atomic E-state index is 10.1. The Morgan fingerprint density at radius 2 is 1.71 bits per heavy atom. The molecule has 0 amide bonds. The molecular weight excluding hydrogens is 172 g/mol. The van der Waals surface area contributed by atoms with Crippen LogP contribution < -0.4 is 0 Å². The molecule has 1 N–H and O–H groups in total. The average molecular weight is 196 g/mol. The van der Waals surface area contributed by atoms with Crippen molar-refractivity contribution >= 4 is 0 Å². The van der Waals surface area contributed by atoms with Gasteiger partial charge < -0.3 is 5.11 Å². The molecular formula is C13H24O. The van der Waals surface area contributed by atoms with Crippen molar-refractivity contribution < 1.29 is 5.11 Å². The van der Waals surface area contributed by atoms with Crippen molar-refractivity contribution in [2.45, 2.75) is 71.3 Å². The molecule has 0 radical (unpaired) electrons. The highest BCUT2D eigenvalue weighted by atomic mass is 16.3. The summed E-state index contributed by atoms with van der Waals surface area (Å²) in [6, 6.07) is 0. The third kappa shape index (κ3) is 1.71. The molecule has 1 nitrogen and oxygen atoms in total. The van der Waals surface area contributed by atoms with Crippen LogP contribution in [0.2, 0.25) is 0 Å². The summed E-state index contributed by atoms with van der Waals surface area (Å²) in [6.45, 7) is 6.88. The zero-order valence-corrected chi connectivity index (χ0v) is 9.90. The normalized spacial score (nSPS) is 46.3. The Morgan fingerprint density at radius 3 is 2.21 bits per heavy atom. The monoisotopic (exact) mass is 196 g/mol. The predicted molar refractivity (Wildman–Crippen MR) is 59.2 cm³/mol. The van der Waals surface area contributed by atoms with Gasteiger partial charge in [0, 0.05) is 0 Å². The van der Waals surface area contributed by atoms with Crippen molar-refractivity contribution in [2.24, 2.45) is 10.8 Å². The molecule has 1 heteroatoms. The van der Waals surface area contributed by atoms with E-state index in [0.29, 0.717) is 10.8 Å². The maximum Gasteiger partial charge on any atom is 0.0655 e. The first-order valence-electron chi connectivity index (χ1n) is 6.11. The minimum atomic E-state index is -0.298. The molecule has 2 aliphatic carbocycles. The molecule has 14 heavy (non-hydrogen) atoms. The molecule has 2 saturated carbocycles. The fraction of sp³-hybridized carbons (Fsp3) is 1.00. The Hall–Kier alpha value is -0.0400. The second-order valence-corrected chi connectivity index (χ2v) is 6.63. The van der Waals surface area contributed by atoms with Gasteiger partial charge in [-0.05, 0) is 49.4 Å². The van der Waals surface area contributed by atoms with Gasteiger partial charge in [0.2, 0.25) is 0 Å². The van der Waals surface area contributed by atoms with Gasteiger partial charge in [-0.3, -0.25) is 0 Å². The summed E-state index contributed by atoms with van der Waals surface area (Å²) in [6.07, 6.45) is 8.52. The molecule has 0 aromatic heterocycles. The van der Waals surface area contributed by atoms with Gasteiger partial charge in [-0.1, -0.05) is 27.2 Å². The Kier molecular flexibility index (Phi) is 2.23. The van der Waals surface area contributed by atoms with Gasteiger partial charge in [0.25, 0.3) is 0 Å². The van der Waals surface area contributed by atoms with E-state index >= 15 is 0 Å². The van der Waals surface area contributed by atoms with Gasteiger partial charge in [-0.25, -0.2) is 0 Å². The molecule has 82 valence electrons. The van der Waals surface area contributed by atoms with Gasteiger partial charge in [0.15, 0.2) is 0 Å². The Balaban J connectivity index is 2.00. The van der Waals surface area contributed by atoms with E-state index in [4.69, 9.17) is 0 Å². The number of aliphatic hydroxyl groups is 1. The van der Waals surface area contributed by atoms with Crippen molar-refractivity contribution in [3.05, 3.63) is 0 Å². The second-order valence-electron chi connectivity index (χ2n) is 6.63. The molecule has 0 heterocycles. The highest BCUT2D eigenvalue weighted by molar-refractivity contribution is 5.06. The van der Waals surface area contributed by atoms with Crippen LogP contribution in [-0.2, 0) is 0 Å². The van der Waals surface area contributed by atoms with Gasteiger partial charge >= 0.3 is 0 Å². The predicted octanol–water partition coefficient (Wildman–Crippen LogP) is 3.51. The topological polar surface area (TPSA) is 20.2 Å². The van der Waals surface area contributed by atoms with Crippen molar-refractivity contribution in [3.63, 3.8) is 0 Å².